The molecular formula is C20H26N5O4PS. The summed E-state index contributed by atoms with van der Waals surface area (Å²) in [5, 5.41) is 13.8. The predicted octanol–water partition coefficient (Wildman–Crippen LogP) is 3.76. The first kappa shape index (κ1) is 22.3. The van der Waals surface area contributed by atoms with E-state index >= 15 is 0 Å². The van der Waals surface area contributed by atoms with Crippen molar-refractivity contribution >= 4 is 19.2 Å². The van der Waals surface area contributed by atoms with Crippen LogP contribution in [0, 0.1) is 5.92 Å². The summed E-state index contributed by atoms with van der Waals surface area (Å²) in [6.45, 7) is 0.630. The van der Waals surface area contributed by atoms with Gasteiger partial charge in [-0.2, -0.15) is 5.10 Å². The average Bonchev–Trinajstić information content (AvgIpc) is 3.52. The summed E-state index contributed by atoms with van der Waals surface area (Å²) in [5.41, 5.74) is 8.94. The Bertz CT molecular complexity index is 1040. The van der Waals surface area contributed by atoms with Crippen molar-refractivity contribution in [1.29, 1.82) is 0 Å². The molecule has 2 heterocycles. The monoisotopic (exact) mass is 463 g/mol. The van der Waals surface area contributed by atoms with Crippen molar-refractivity contribution in [2.75, 3.05) is 6.61 Å². The molecule has 4 N–H and O–H groups in total. The van der Waals surface area contributed by atoms with E-state index in [-0.39, 0.29) is 6.61 Å². The fourth-order valence-electron chi connectivity index (χ4n) is 3.80. The number of rotatable bonds is 9. The molecule has 4 rings (SSSR count). The Balaban J connectivity index is 1.37. The van der Waals surface area contributed by atoms with Crippen LogP contribution in [-0.2, 0) is 15.6 Å². The molecule has 1 aliphatic carbocycles. The number of aromatic nitrogens is 4. The van der Waals surface area contributed by atoms with Gasteiger partial charge in [-0.3, -0.25) is 9.21 Å². The first-order valence-electron chi connectivity index (χ1n) is 10.3. The minimum absolute atomic E-state index is 0.331. The second-order valence-corrected chi connectivity index (χ2v) is 10.1. The van der Waals surface area contributed by atoms with Crippen LogP contribution in [0.5, 0.6) is 0 Å². The van der Waals surface area contributed by atoms with Gasteiger partial charge in [0.1, 0.15) is 10.0 Å². The lowest BCUT2D eigenvalue weighted by atomic mass is 10.0. The summed E-state index contributed by atoms with van der Waals surface area (Å²) >= 11 is 1.27. The van der Waals surface area contributed by atoms with Gasteiger partial charge in [0.25, 0.3) is 0 Å². The molecule has 9 nitrogen and oxygen atoms in total. The topological polar surface area (TPSA) is 136 Å². The lowest BCUT2D eigenvalue weighted by Crippen LogP contribution is -2.16. The maximum Gasteiger partial charge on any atom is 0.469 e. The van der Waals surface area contributed by atoms with Crippen LogP contribution in [0.2, 0.25) is 0 Å². The van der Waals surface area contributed by atoms with E-state index in [4.69, 9.17) is 15.5 Å². The van der Waals surface area contributed by atoms with Gasteiger partial charge in [0.15, 0.2) is 0 Å². The Morgan fingerprint density at radius 2 is 1.87 bits per heavy atom. The van der Waals surface area contributed by atoms with Crippen molar-refractivity contribution in [2.24, 2.45) is 11.7 Å². The van der Waals surface area contributed by atoms with Gasteiger partial charge in [-0.05, 0) is 17.9 Å². The predicted molar refractivity (Wildman–Crippen MR) is 118 cm³/mol. The quantitative estimate of drug-likeness (QED) is 0.408. The van der Waals surface area contributed by atoms with Crippen LogP contribution in [0.15, 0.2) is 36.7 Å². The van der Waals surface area contributed by atoms with Crippen molar-refractivity contribution < 1.29 is 18.9 Å². The van der Waals surface area contributed by atoms with Gasteiger partial charge < -0.3 is 15.5 Å². The highest BCUT2D eigenvalue weighted by Crippen LogP contribution is 2.37. The van der Waals surface area contributed by atoms with E-state index in [0.717, 1.165) is 29.2 Å². The Morgan fingerprint density at radius 3 is 2.58 bits per heavy atom. The molecule has 31 heavy (non-hydrogen) atoms. The standard InChI is InChI=1S/C20H26N5O4PS/c21-18(13-29-30(26,27)28)20-24-23-19(31-20)16-7-5-15(6-8-16)17-11-22-25(12-17)10-9-14-3-1-2-4-14/h5-8,11-12,14,18H,1-4,9-10,13,21H2,(H2,26,27,28). The molecule has 11 heteroatoms. The van der Waals surface area contributed by atoms with Gasteiger partial charge >= 0.3 is 7.82 Å². The molecule has 0 aliphatic heterocycles. The molecule has 166 valence electrons. The van der Waals surface area contributed by atoms with E-state index < -0.39 is 13.9 Å². The maximum atomic E-state index is 10.8. The molecule has 0 bridgehead atoms. The lowest BCUT2D eigenvalue weighted by Gasteiger charge is -2.09. The van der Waals surface area contributed by atoms with Crippen LogP contribution in [0.1, 0.15) is 43.2 Å². The molecular weight excluding hydrogens is 437 g/mol. The van der Waals surface area contributed by atoms with E-state index in [2.05, 4.69) is 26.0 Å². The van der Waals surface area contributed by atoms with Crippen molar-refractivity contribution in [2.45, 2.75) is 44.7 Å². The molecule has 0 spiro atoms. The first-order valence-corrected chi connectivity index (χ1v) is 12.6. The van der Waals surface area contributed by atoms with Crippen LogP contribution in [-0.4, -0.2) is 36.4 Å². The zero-order valence-corrected chi connectivity index (χ0v) is 18.7. The van der Waals surface area contributed by atoms with E-state index in [1.165, 1.54) is 43.4 Å². The van der Waals surface area contributed by atoms with Gasteiger partial charge in [-0.1, -0.05) is 61.3 Å². The molecule has 1 saturated carbocycles. The third-order valence-electron chi connectivity index (χ3n) is 5.52. The second-order valence-electron chi connectivity index (χ2n) is 7.85. The van der Waals surface area contributed by atoms with Crippen LogP contribution < -0.4 is 5.73 Å². The first-order chi connectivity index (χ1) is 14.9. The third-order valence-corrected chi connectivity index (χ3v) is 7.11. The summed E-state index contributed by atoms with van der Waals surface area (Å²) in [7, 11) is -4.57. The number of benzene rings is 1. The fourth-order valence-corrected chi connectivity index (χ4v) is 4.99. The van der Waals surface area contributed by atoms with Crippen LogP contribution in [0.4, 0.5) is 0 Å². The molecule has 0 amide bonds. The van der Waals surface area contributed by atoms with E-state index in [1.807, 2.05) is 35.1 Å². The Kier molecular flexibility index (Phi) is 6.95. The highest BCUT2D eigenvalue weighted by Gasteiger charge is 2.20. The van der Waals surface area contributed by atoms with Crippen molar-refractivity contribution in [3.8, 4) is 21.7 Å². The van der Waals surface area contributed by atoms with Gasteiger partial charge in [-0.15, -0.1) is 10.2 Å². The van der Waals surface area contributed by atoms with Gasteiger partial charge in [0.2, 0.25) is 0 Å². The summed E-state index contributed by atoms with van der Waals surface area (Å²) in [4.78, 5) is 17.6. The molecule has 0 saturated heterocycles. The number of hydrogen-bond acceptors (Lipinski definition) is 7. The zero-order valence-electron chi connectivity index (χ0n) is 17.0. The largest absolute Gasteiger partial charge is 0.469 e. The van der Waals surface area contributed by atoms with Crippen molar-refractivity contribution in [3.63, 3.8) is 0 Å². The number of hydrogen-bond donors (Lipinski definition) is 3. The molecule has 3 aromatic rings. The van der Waals surface area contributed by atoms with Gasteiger partial charge in [0, 0.05) is 23.9 Å². The Hall–Kier alpha value is -1.94. The molecule has 1 aromatic carbocycles. The molecule has 1 aliphatic rings. The summed E-state index contributed by atoms with van der Waals surface area (Å²) in [6, 6.07) is 7.21. The zero-order chi connectivity index (χ0) is 21.8. The molecule has 2 aromatic heterocycles. The van der Waals surface area contributed by atoms with Crippen molar-refractivity contribution in [3.05, 3.63) is 41.7 Å². The summed E-state index contributed by atoms with van der Waals surface area (Å²) in [6.07, 6.45) is 10.6. The minimum Gasteiger partial charge on any atom is -0.320 e. The Labute approximate surface area is 184 Å². The number of phosphoric ester groups is 1. The summed E-state index contributed by atoms with van der Waals surface area (Å²) in [5.74, 6) is 0.847. The number of nitrogens with two attached hydrogens (primary N) is 1. The smallest absolute Gasteiger partial charge is 0.320 e. The average molecular weight is 464 g/mol. The highest BCUT2D eigenvalue weighted by molar-refractivity contribution is 7.46. The maximum absolute atomic E-state index is 10.8. The highest BCUT2D eigenvalue weighted by atomic mass is 32.1. The fraction of sp³-hybridized carbons (Fsp3) is 0.450. The second kappa shape index (κ2) is 9.68. The Morgan fingerprint density at radius 1 is 1.16 bits per heavy atom. The lowest BCUT2D eigenvalue weighted by molar-refractivity contribution is 0.186. The third kappa shape index (κ3) is 6.06. The SMILES string of the molecule is NC(COP(=O)(O)O)c1nnc(-c2ccc(-c3cnn(CCC4CCCC4)c3)cc2)s1. The summed E-state index contributed by atoms with van der Waals surface area (Å²) < 4.78 is 17.3. The van der Waals surface area contributed by atoms with Gasteiger partial charge in [0.05, 0.1) is 18.8 Å². The molecule has 1 fully saturated rings. The number of phosphoric acid groups is 1. The van der Waals surface area contributed by atoms with E-state index in [9.17, 15) is 4.57 Å². The minimum atomic E-state index is -4.57. The number of aryl methyl sites for hydroxylation is 1. The van der Waals surface area contributed by atoms with Crippen LogP contribution in [0.25, 0.3) is 21.7 Å². The molecule has 1 unspecified atom stereocenters. The number of nitrogens with zero attached hydrogens (tertiary/aromatic N) is 4. The van der Waals surface area contributed by atoms with E-state index in [1.54, 1.807) is 0 Å². The van der Waals surface area contributed by atoms with Gasteiger partial charge in [-0.25, -0.2) is 4.57 Å². The normalized spacial score (nSPS) is 16.1. The van der Waals surface area contributed by atoms with E-state index in [0.29, 0.717) is 10.0 Å². The van der Waals surface area contributed by atoms with Crippen molar-refractivity contribution in [1.82, 2.24) is 20.0 Å². The van der Waals surface area contributed by atoms with Crippen LogP contribution >= 0.6 is 19.2 Å². The molecule has 0 radical (unpaired) electrons. The van der Waals surface area contributed by atoms with Crippen LogP contribution in [0.3, 0.4) is 0 Å². The molecule has 1 atom stereocenters.